The summed E-state index contributed by atoms with van der Waals surface area (Å²) in [6.45, 7) is 4.95. The third-order valence-corrected chi connectivity index (χ3v) is 7.00. The van der Waals surface area contributed by atoms with Crippen LogP contribution < -0.4 is 10.6 Å². The van der Waals surface area contributed by atoms with Gasteiger partial charge in [-0.2, -0.15) is 4.31 Å². The zero-order chi connectivity index (χ0) is 19.6. The van der Waals surface area contributed by atoms with E-state index in [0.29, 0.717) is 30.9 Å². The number of carbonyl (C=O) groups is 1. The maximum absolute atomic E-state index is 13.1. The van der Waals surface area contributed by atoms with Crippen LogP contribution in [0.1, 0.15) is 36.2 Å². The van der Waals surface area contributed by atoms with E-state index < -0.39 is 10.0 Å². The molecule has 0 radical (unpaired) electrons. The van der Waals surface area contributed by atoms with Crippen molar-refractivity contribution in [3.05, 3.63) is 53.6 Å². The van der Waals surface area contributed by atoms with Gasteiger partial charge in [0.25, 0.3) is 5.91 Å². The van der Waals surface area contributed by atoms with Crippen molar-refractivity contribution < 1.29 is 13.2 Å². The van der Waals surface area contributed by atoms with Gasteiger partial charge in [-0.15, -0.1) is 0 Å². The Morgan fingerprint density at radius 1 is 1.15 bits per heavy atom. The van der Waals surface area contributed by atoms with Gasteiger partial charge in [0.05, 0.1) is 4.90 Å². The molecule has 1 aliphatic rings. The summed E-state index contributed by atoms with van der Waals surface area (Å²) in [6, 6.07) is 11.8. The van der Waals surface area contributed by atoms with Crippen LogP contribution in [-0.4, -0.2) is 38.3 Å². The molecule has 0 saturated carbocycles. The number of benzene rings is 2. The maximum Gasteiger partial charge on any atom is 0.258 e. The van der Waals surface area contributed by atoms with Crippen molar-refractivity contribution >= 4 is 27.3 Å². The van der Waals surface area contributed by atoms with Crippen LogP contribution in [0, 0.1) is 0 Å². The van der Waals surface area contributed by atoms with Gasteiger partial charge in [0, 0.05) is 36.6 Å². The number of nitrogens with zero attached hydrogens (tertiary/aromatic N) is 2. The average Bonchev–Trinajstić information content (AvgIpc) is 2.68. The third kappa shape index (κ3) is 3.57. The molecule has 1 heterocycles. The molecule has 27 heavy (non-hydrogen) atoms. The fraction of sp³-hybridized carbons (Fsp3) is 0.350. The van der Waals surface area contributed by atoms with Gasteiger partial charge >= 0.3 is 0 Å². The number of nitrogens with two attached hydrogens (primary N) is 1. The Morgan fingerprint density at radius 2 is 1.85 bits per heavy atom. The summed E-state index contributed by atoms with van der Waals surface area (Å²) in [6.07, 6.45) is 1.66. The van der Waals surface area contributed by atoms with E-state index in [2.05, 4.69) is 0 Å². The Kier molecular flexibility index (Phi) is 5.53. The van der Waals surface area contributed by atoms with Crippen LogP contribution in [0.3, 0.4) is 0 Å². The first kappa shape index (κ1) is 19.4. The lowest BCUT2D eigenvalue weighted by molar-refractivity contribution is 0.0985. The van der Waals surface area contributed by atoms with E-state index in [1.54, 1.807) is 30.9 Å². The van der Waals surface area contributed by atoms with Crippen molar-refractivity contribution in [1.29, 1.82) is 0 Å². The molecule has 0 saturated heterocycles. The Morgan fingerprint density at radius 3 is 2.56 bits per heavy atom. The lowest BCUT2D eigenvalue weighted by Gasteiger charge is -2.30. The van der Waals surface area contributed by atoms with Gasteiger partial charge in [-0.3, -0.25) is 4.79 Å². The van der Waals surface area contributed by atoms with Crippen molar-refractivity contribution in [2.45, 2.75) is 31.6 Å². The fourth-order valence-electron chi connectivity index (χ4n) is 3.52. The van der Waals surface area contributed by atoms with E-state index in [0.717, 1.165) is 24.1 Å². The molecule has 0 spiro atoms. The quantitative estimate of drug-likeness (QED) is 0.800. The molecule has 1 amide bonds. The summed E-state index contributed by atoms with van der Waals surface area (Å²) in [5, 5.41) is 0. The minimum atomic E-state index is -3.61. The number of hydrogen-bond donors (Lipinski definition) is 1. The molecule has 6 nitrogen and oxygen atoms in total. The van der Waals surface area contributed by atoms with E-state index >= 15 is 0 Å². The second kappa shape index (κ2) is 7.70. The monoisotopic (exact) mass is 387 g/mol. The zero-order valence-corrected chi connectivity index (χ0v) is 16.5. The summed E-state index contributed by atoms with van der Waals surface area (Å²) in [5.74, 6) is -0.210. The molecule has 0 bridgehead atoms. The van der Waals surface area contributed by atoms with Gasteiger partial charge in [-0.1, -0.05) is 26.0 Å². The van der Waals surface area contributed by atoms with Crippen LogP contribution in [0.25, 0.3) is 0 Å². The van der Waals surface area contributed by atoms with Crippen molar-refractivity contribution in [2.75, 3.05) is 30.3 Å². The Hall–Kier alpha value is -2.38. The molecule has 2 aromatic carbocycles. The Labute approximate surface area is 160 Å². The molecule has 0 fully saturated rings. The predicted octanol–water partition coefficient (Wildman–Crippen LogP) is 2.89. The maximum atomic E-state index is 13.1. The van der Waals surface area contributed by atoms with Gasteiger partial charge in [0.15, 0.2) is 0 Å². The number of fused-ring (bicyclic) bond motifs is 1. The molecule has 7 heteroatoms. The Bertz CT molecular complexity index is 953. The molecular weight excluding hydrogens is 362 g/mol. The molecule has 2 aromatic rings. The van der Waals surface area contributed by atoms with Crippen LogP contribution in [0.15, 0.2) is 47.4 Å². The highest BCUT2D eigenvalue weighted by atomic mass is 32.2. The van der Waals surface area contributed by atoms with Crippen LogP contribution in [-0.2, 0) is 16.4 Å². The molecule has 3 rings (SSSR count). The minimum absolute atomic E-state index is 0.141. The summed E-state index contributed by atoms with van der Waals surface area (Å²) < 4.78 is 26.9. The topological polar surface area (TPSA) is 83.7 Å². The van der Waals surface area contributed by atoms with E-state index in [1.165, 1.54) is 16.4 Å². The number of amides is 1. The first-order valence-corrected chi connectivity index (χ1v) is 10.6. The standard InChI is InChI=1S/C20H25N3O3S/c1-3-22(4-2)27(25,26)16-9-5-8-15(14-16)20(24)23-13-7-10-17-18(21)11-6-12-19(17)23/h5-6,8-9,11-12,14H,3-4,7,10,13,21H2,1-2H3. The molecule has 1 aliphatic heterocycles. The van der Waals surface area contributed by atoms with E-state index in [1.807, 2.05) is 18.2 Å². The molecule has 0 unspecified atom stereocenters. The van der Waals surface area contributed by atoms with E-state index in [9.17, 15) is 13.2 Å². The van der Waals surface area contributed by atoms with Crippen LogP contribution in [0.5, 0.6) is 0 Å². The van der Waals surface area contributed by atoms with Gasteiger partial charge in [-0.25, -0.2) is 8.42 Å². The van der Waals surface area contributed by atoms with Gasteiger partial charge in [0.1, 0.15) is 0 Å². The van der Waals surface area contributed by atoms with E-state index in [-0.39, 0.29) is 10.8 Å². The second-order valence-corrected chi connectivity index (χ2v) is 8.46. The summed E-state index contributed by atoms with van der Waals surface area (Å²) >= 11 is 0. The van der Waals surface area contributed by atoms with Crippen molar-refractivity contribution in [3.8, 4) is 0 Å². The highest BCUT2D eigenvalue weighted by Crippen LogP contribution is 2.32. The smallest absolute Gasteiger partial charge is 0.258 e. The Balaban J connectivity index is 1.98. The normalized spacial score (nSPS) is 14.3. The average molecular weight is 388 g/mol. The van der Waals surface area contributed by atoms with Gasteiger partial charge < -0.3 is 10.6 Å². The number of rotatable bonds is 5. The highest BCUT2D eigenvalue weighted by molar-refractivity contribution is 7.89. The van der Waals surface area contributed by atoms with Crippen molar-refractivity contribution in [3.63, 3.8) is 0 Å². The lowest BCUT2D eigenvalue weighted by atomic mass is 9.99. The van der Waals surface area contributed by atoms with Crippen LogP contribution in [0.2, 0.25) is 0 Å². The number of hydrogen-bond acceptors (Lipinski definition) is 4. The van der Waals surface area contributed by atoms with Gasteiger partial charge in [0.2, 0.25) is 10.0 Å². The number of anilines is 2. The number of carbonyl (C=O) groups excluding carboxylic acids is 1. The molecule has 0 aromatic heterocycles. The third-order valence-electron chi connectivity index (χ3n) is 4.96. The summed E-state index contributed by atoms with van der Waals surface area (Å²) in [5.41, 5.74) is 8.89. The first-order valence-electron chi connectivity index (χ1n) is 9.19. The molecule has 144 valence electrons. The largest absolute Gasteiger partial charge is 0.398 e. The van der Waals surface area contributed by atoms with E-state index in [4.69, 9.17) is 5.73 Å². The number of nitrogen functional groups attached to an aromatic ring is 1. The molecule has 2 N–H and O–H groups in total. The zero-order valence-electron chi connectivity index (χ0n) is 15.7. The predicted molar refractivity (Wildman–Crippen MR) is 107 cm³/mol. The summed E-state index contributed by atoms with van der Waals surface area (Å²) in [4.78, 5) is 15.0. The van der Waals surface area contributed by atoms with Gasteiger partial charge in [-0.05, 0) is 48.7 Å². The molecular formula is C20H25N3O3S. The first-order chi connectivity index (χ1) is 12.9. The van der Waals surface area contributed by atoms with Crippen LogP contribution in [0.4, 0.5) is 11.4 Å². The lowest BCUT2D eigenvalue weighted by Crippen LogP contribution is -2.36. The molecule has 0 atom stereocenters. The number of sulfonamides is 1. The minimum Gasteiger partial charge on any atom is -0.398 e. The second-order valence-electron chi connectivity index (χ2n) is 6.52. The van der Waals surface area contributed by atoms with Crippen molar-refractivity contribution in [2.24, 2.45) is 0 Å². The SMILES string of the molecule is CCN(CC)S(=O)(=O)c1cccc(C(=O)N2CCCc3c(N)cccc32)c1. The fourth-order valence-corrected chi connectivity index (χ4v) is 5.03. The molecule has 0 aliphatic carbocycles. The van der Waals surface area contributed by atoms with Crippen LogP contribution >= 0.6 is 0 Å². The highest BCUT2D eigenvalue weighted by Gasteiger charge is 2.27. The van der Waals surface area contributed by atoms with Crippen molar-refractivity contribution in [1.82, 2.24) is 4.31 Å². The summed E-state index contributed by atoms with van der Waals surface area (Å²) in [7, 11) is -3.61.